The number of nitrogens with one attached hydrogen (secondary N) is 1. The zero-order chi connectivity index (χ0) is 22.4. The monoisotopic (exact) mass is 450 g/mol. The minimum absolute atomic E-state index is 0.0815. The number of hydrogen-bond acceptors (Lipinski definition) is 8. The Morgan fingerprint density at radius 2 is 1.81 bits per heavy atom. The first kappa shape index (κ1) is 22.8. The minimum Gasteiger partial charge on any atom is -0.497 e. The quantitative estimate of drug-likeness (QED) is 0.351. The zero-order valence-corrected chi connectivity index (χ0v) is 18.3. The van der Waals surface area contributed by atoms with Gasteiger partial charge in [-0.25, -0.2) is 8.42 Å². The Hall–Kier alpha value is -2.89. The summed E-state index contributed by atoms with van der Waals surface area (Å²) in [7, 11) is -0.301. The van der Waals surface area contributed by atoms with Gasteiger partial charge in [-0.15, -0.1) is 0 Å². The molecule has 0 radical (unpaired) electrons. The second kappa shape index (κ2) is 9.94. The third-order valence-electron chi connectivity index (χ3n) is 4.99. The van der Waals surface area contributed by atoms with E-state index in [0.717, 1.165) is 6.07 Å². The Bertz CT molecular complexity index is 1020. The molecular weight excluding hydrogens is 424 g/mol. The maximum absolute atomic E-state index is 12.9. The van der Waals surface area contributed by atoms with Crippen LogP contribution in [0, 0.1) is 10.1 Å². The highest BCUT2D eigenvalue weighted by Crippen LogP contribution is 2.29. The molecule has 168 valence electrons. The lowest BCUT2D eigenvalue weighted by molar-refractivity contribution is -0.384. The number of anilines is 1. The van der Waals surface area contributed by atoms with E-state index in [1.165, 1.54) is 16.4 Å². The summed E-state index contributed by atoms with van der Waals surface area (Å²) in [6.45, 7) is 2.50. The number of likely N-dealkylation sites (N-methyl/N-ethyl adjacent to an activating group) is 1. The second-order valence-electron chi connectivity index (χ2n) is 7.10. The smallest absolute Gasteiger partial charge is 0.293 e. The van der Waals surface area contributed by atoms with Crippen LogP contribution in [0.4, 0.5) is 11.4 Å². The molecule has 0 aliphatic carbocycles. The molecule has 1 aliphatic rings. The van der Waals surface area contributed by atoms with E-state index in [2.05, 4.69) is 5.32 Å². The first-order chi connectivity index (χ1) is 14.8. The van der Waals surface area contributed by atoms with Crippen LogP contribution >= 0.6 is 0 Å². The largest absolute Gasteiger partial charge is 0.497 e. The average Bonchev–Trinajstić information content (AvgIpc) is 2.77. The van der Waals surface area contributed by atoms with Crippen LogP contribution in [0.2, 0.25) is 0 Å². The van der Waals surface area contributed by atoms with E-state index in [4.69, 9.17) is 9.47 Å². The van der Waals surface area contributed by atoms with Gasteiger partial charge in [-0.1, -0.05) is 6.07 Å². The molecule has 11 heteroatoms. The van der Waals surface area contributed by atoms with Crippen molar-refractivity contribution in [1.82, 2.24) is 9.21 Å². The van der Waals surface area contributed by atoms with Crippen molar-refractivity contribution in [3.8, 4) is 11.5 Å². The van der Waals surface area contributed by atoms with Crippen molar-refractivity contribution in [2.24, 2.45) is 0 Å². The summed E-state index contributed by atoms with van der Waals surface area (Å²) in [5.41, 5.74) is -0.0619. The second-order valence-corrected chi connectivity index (χ2v) is 9.04. The van der Waals surface area contributed by atoms with E-state index in [-0.39, 0.29) is 22.9 Å². The number of hydrogen-bond donors (Lipinski definition) is 1. The Labute approximate surface area is 181 Å². The molecular formula is C20H26N4O6S. The van der Waals surface area contributed by atoms with Crippen molar-refractivity contribution in [1.29, 1.82) is 0 Å². The van der Waals surface area contributed by atoms with Crippen LogP contribution in [0.15, 0.2) is 47.4 Å². The van der Waals surface area contributed by atoms with Crippen LogP contribution < -0.4 is 14.8 Å². The van der Waals surface area contributed by atoms with Crippen molar-refractivity contribution < 1.29 is 22.8 Å². The molecule has 0 atom stereocenters. The van der Waals surface area contributed by atoms with Gasteiger partial charge in [-0.05, 0) is 31.3 Å². The minimum atomic E-state index is -3.79. The number of sulfonamides is 1. The summed E-state index contributed by atoms with van der Waals surface area (Å²) < 4.78 is 37.9. The fourth-order valence-corrected chi connectivity index (χ4v) is 4.64. The molecule has 31 heavy (non-hydrogen) atoms. The average molecular weight is 451 g/mol. The summed E-state index contributed by atoms with van der Waals surface area (Å²) >= 11 is 0. The van der Waals surface area contributed by atoms with Crippen LogP contribution in [0.5, 0.6) is 11.5 Å². The molecule has 0 amide bonds. The Balaban J connectivity index is 1.66. The number of benzene rings is 2. The van der Waals surface area contributed by atoms with E-state index in [1.807, 2.05) is 11.9 Å². The topological polar surface area (TPSA) is 114 Å². The lowest BCUT2D eigenvalue weighted by Crippen LogP contribution is -2.47. The van der Waals surface area contributed by atoms with Crippen molar-refractivity contribution in [2.75, 3.05) is 58.8 Å². The van der Waals surface area contributed by atoms with Gasteiger partial charge in [0, 0.05) is 44.9 Å². The number of nitrogens with zero attached hydrogens (tertiary/aromatic N) is 3. The highest BCUT2D eigenvalue weighted by atomic mass is 32.2. The van der Waals surface area contributed by atoms with Gasteiger partial charge in [0.15, 0.2) is 0 Å². The fraction of sp³-hybridized carbons (Fsp3) is 0.400. The highest BCUT2D eigenvalue weighted by Gasteiger charge is 2.29. The van der Waals surface area contributed by atoms with Gasteiger partial charge in [0.05, 0.1) is 16.9 Å². The first-order valence-corrected chi connectivity index (χ1v) is 11.2. The maximum atomic E-state index is 12.9. The molecule has 3 rings (SSSR count). The molecule has 2 aromatic rings. The van der Waals surface area contributed by atoms with Gasteiger partial charge in [-0.3, -0.25) is 10.1 Å². The van der Waals surface area contributed by atoms with Crippen LogP contribution in [0.1, 0.15) is 0 Å². The van der Waals surface area contributed by atoms with E-state index in [1.54, 1.807) is 31.4 Å². The number of nitro groups is 1. The molecule has 0 saturated carbocycles. The molecule has 0 spiro atoms. The molecule has 0 aromatic heterocycles. The molecule has 1 aliphatic heterocycles. The van der Waals surface area contributed by atoms with Gasteiger partial charge in [0.1, 0.15) is 23.8 Å². The SMILES string of the molecule is COc1cccc(OCCNc2ccc(S(=O)(=O)N3CCN(C)CC3)cc2[N+](=O)[O-])c1. The number of ether oxygens (including phenoxy) is 2. The van der Waals surface area contributed by atoms with Gasteiger partial charge < -0.3 is 19.7 Å². The highest BCUT2D eigenvalue weighted by molar-refractivity contribution is 7.89. The standard InChI is InChI=1S/C20H26N4O6S/c1-22-9-11-23(12-10-22)31(27,28)18-6-7-19(20(15-18)24(25)26)21-8-13-30-17-5-3-4-16(14-17)29-2/h3-7,14-15,21H,8-13H2,1-2H3. The van der Waals surface area contributed by atoms with E-state index in [0.29, 0.717) is 44.2 Å². The first-order valence-electron chi connectivity index (χ1n) is 9.79. The molecule has 0 unspecified atom stereocenters. The third-order valence-corrected chi connectivity index (χ3v) is 6.89. The van der Waals surface area contributed by atoms with Crippen LogP contribution in [0.25, 0.3) is 0 Å². The van der Waals surface area contributed by atoms with Crippen molar-refractivity contribution >= 4 is 21.4 Å². The van der Waals surface area contributed by atoms with E-state index < -0.39 is 14.9 Å². The molecule has 1 fully saturated rings. The summed E-state index contributed by atoms with van der Waals surface area (Å²) in [6.07, 6.45) is 0. The predicted octanol–water partition coefficient (Wildman–Crippen LogP) is 2.03. The predicted molar refractivity (Wildman–Crippen MR) is 116 cm³/mol. The number of rotatable bonds is 9. The fourth-order valence-electron chi connectivity index (χ4n) is 3.20. The molecule has 0 bridgehead atoms. The summed E-state index contributed by atoms with van der Waals surface area (Å²) in [5.74, 6) is 1.28. The lowest BCUT2D eigenvalue weighted by Gasteiger charge is -2.31. The summed E-state index contributed by atoms with van der Waals surface area (Å²) in [6, 6.07) is 11.0. The van der Waals surface area contributed by atoms with E-state index >= 15 is 0 Å². The Morgan fingerprint density at radius 1 is 1.10 bits per heavy atom. The summed E-state index contributed by atoms with van der Waals surface area (Å²) in [4.78, 5) is 12.9. The van der Waals surface area contributed by atoms with Crippen molar-refractivity contribution in [3.63, 3.8) is 0 Å². The number of nitro benzene ring substituents is 1. The summed E-state index contributed by atoms with van der Waals surface area (Å²) in [5, 5.41) is 14.5. The molecule has 1 saturated heterocycles. The molecule has 1 N–H and O–H groups in total. The van der Waals surface area contributed by atoms with Gasteiger partial charge in [-0.2, -0.15) is 4.31 Å². The van der Waals surface area contributed by atoms with Crippen molar-refractivity contribution in [3.05, 3.63) is 52.6 Å². The van der Waals surface area contributed by atoms with Crippen LogP contribution in [-0.4, -0.2) is 76.0 Å². The Morgan fingerprint density at radius 3 is 2.48 bits per heavy atom. The van der Waals surface area contributed by atoms with Crippen LogP contribution in [-0.2, 0) is 10.0 Å². The lowest BCUT2D eigenvalue weighted by atomic mass is 10.2. The molecule has 10 nitrogen and oxygen atoms in total. The number of piperazine rings is 1. The third kappa shape index (κ3) is 5.63. The maximum Gasteiger partial charge on any atom is 0.293 e. The van der Waals surface area contributed by atoms with Crippen molar-refractivity contribution in [2.45, 2.75) is 4.90 Å². The van der Waals surface area contributed by atoms with Gasteiger partial charge >= 0.3 is 0 Å². The Kier molecular flexibility index (Phi) is 7.31. The molecule has 2 aromatic carbocycles. The van der Waals surface area contributed by atoms with Gasteiger partial charge in [0.2, 0.25) is 10.0 Å². The van der Waals surface area contributed by atoms with E-state index in [9.17, 15) is 18.5 Å². The van der Waals surface area contributed by atoms with Crippen LogP contribution in [0.3, 0.4) is 0 Å². The normalized spacial score (nSPS) is 15.4. The zero-order valence-electron chi connectivity index (χ0n) is 17.5. The van der Waals surface area contributed by atoms with Gasteiger partial charge in [0.25, 0.3) is 5.69 Å². The molecule has 1 heterocycles. The number of methoxy groups -OCH3 is 1.